The molecule has 2 nitrogen and oxygen atoms in total. The summed E-state index contributed by atoms with van der Waals surface area (Å²) in [7, 11) is 0. The Labute approximate surface area is 112 Å². The Morgan fingerprint density at radius 2 is 2.05 bits per heavy atom. The van der Waals surface area contributed by atoms with Gasteiger partial charge < -0.3 is 5.11 Å². The summed E-state index contributed by atoms with van der Waals surface area (Å²) in [6, 6.07) is 8.41. The van der Waals surface area contributed by atoms with Crippen molar-refractivity contribution in [3.63, 3.8) is 0 Å². The van der Waals surface area contributed by atoms with Crippen LogP contribution in [-0.2, 0) is 10.2 Å². The molecule has 19 heavy (non-hydrogen) atoms. The SMILES string of the molecule is O=C1C=CC23CC1C(O)CC2C=Cc1ccccc13. The molecule has 2 bridgehead atoms. The van der Waals surface area contributed by atoms with Crippen LogP contribution in [-0.4, -0.2) is 17.0 Å². The van der Waals surface area contributed by atoms with Gasteiger partial charge in [0.2, 0.25) is 0 Å². The fourth-order valence-electron chi connectivity index (χ4n) is 4.06. The summed E-state index contributed by atoms with van der Waals surface area (Å²) in [6.45, 7) is 0. The number of carbonyl (C=O) groups is 1. The second kappa shape index (κ2) is 3.67. The number of rotatable bonds is 0. The summed E-state index contributed by atoms with van der Waals surface area (Å²) in [5, 5.41) is 10.2. The van der Waals surface area contributed by atoms with Gasteiger partial charge in [-0.3, -0.25) is 4.79 Å². The van der Waals surface area contributed by atoms with Gasteiger partial charge in [0, 0.05) is 11.3 Å². The lowest BCUT2D eigenvalue weighted by atomic mass is 9.54. The zero-order valence-electron chi connectivity index (χ0n) is 10.6. The van der Waals surface area contributed by atoms with E-state index in [4.69, 9.17) is 0 Å². The normalized spacial score (nSPS) is 38.8. The molecule has 1 N–H and O–H groups in total. The average molecular weight is 252 g/mol. The second-order valence-electron chi connectivity index (χ2n) is 5.94. The van der Waals surface area contributed by atoms with Gasteiger partial charge in [-0.2, -0.15) is 0 Å². The predicted octanol–water partition coefficient (Wildman–Crippen LogP) is 2.48. The number of allylic oxidation sites excluding steroid dienone is 3. The highest BCUT2D eigenvalue weighted by Crippen LogP contribution is 2.53. The lowest BCUT2D eigenvalue weighted by Gasteiger charge is -2.50. The Morgan fingerprint density at radius 1 is 1.21 bits per heavy atom. The third kappa shape index (κ3) is 1.38. The van der Waals surface area contributed by atoms with Gasteiger partial charge in [-0.05, 0) is 36.0 Å². The van der Waals surface area contributed by atoms with Gasteiger partial charge in [-0.1, -0.05) is 42.5 Å². The Balaban J connectivity index is 1.94. The zero-order chi connectivity index (χ0) is 13.0. The molecule has 4 unspecified atom stereocenters. The molecule has 4 rings (SSSR count). The van der Waals surface area contributed by atoms with Crippen LogP contribution < -0.4 is 0 Å². The minimum absolute atomic E-state index is 0.0802. The number of aliphatic hydroxyl groups excluding tert-OH is 1. The molecule has 2 heteroatoms. The standard InChI is InChI=1S/C17H16O2/c18-15-7-8-17-10-13(15)16(19)9-12(17)6-5-11-3-1-2-4-14(11)17/h1-8,12-13,16,19H,9-10H2. The van der Waals surface area contributed by atoms with E-state index in [1.54, 1.807) is 6.08 Å². The predicted molar refractivity (Wildman–Crippen MR) is 73.5 cm³/mol. The molecule has 0 heterocycles. The van der Waals surface area contributed by atoms with Crippen molar-refractivity contribution in [3.05, 3.63) is 53.6 Å². The lowest BCUT2D eigenvalue weighted by Crippen LogP contribution is -2.50. The molecule has 1 aromatic rings. The fraction of sp³-hybridized carbons (Fsp3) is 0.353. The first-order valence-corrected chi connectivity index (χ1v) is 6.89. The van der Waals surface area contributed by atoms with E-state index in [0.717, 1.165) is 6.42 Å². The summed E-state index contributed by atoms with van der Waals surface area (Å²) in [4.78, 5) is 11.9. The van der Waals surface area contributed by atoms with Crippen molar-refractivity contribution >= 4 is 11.9 Å². The Bertz CT molecular complexity index is 613. The summed E-state index contributed by atoms with van der Waals surface area (Å²) in [5.41, 5.74) is 2.47. The fourth-order valence-corrected chi connectivity index (χ4v) is 4.06. The summed E-state index contributed by atoms with van der Waals surface area (Å²) >= 11 is 0. The lowest BCUT2D eigenvalue weighted by molar-refractivity contribution is -0.126. The first-order valence-electron chi connectivity index (χ1n) is 6.89. The molecule has 96 valence electrons. The van der Waals surface area contributed by atoms with Crippen LogP contribution in [0.2, 0.25) is 0 Å². The van der Waals surface area contributed by atoms with Crippen LogP contribution in [0.1, 0.15) is 24.0 Å². The molecule has 0 amide bonds. The minimum Gasteiger partial charge on any atom is -0.392 e. The Morgan fingerprint density at radius 3 is 2.95 bits per heavy atom. The molecule has 1 saturated carbocycles. The van der Waals surface area contributed by atoms with E-state index < -0.39 is 6.10 Å². The van der Waals surface area contributed by atoms with Gasteiger partial charge in [0.05, 0.1) is 6.10 Å². The van der Waals surface area contributed by atoms with Gasteiger partial charge in [0.25, 0.3) is 0 Å². The van der Waals surface area contributed by atoms with Crippen LogP contribution in [0, 0.1) is 11.8 Å². The van der Waals surface area contributed by atoms with Crippen LogP contribution in [0.4, 0.5) is 0 Å². The van der Waals surface area contributed by atoms with Gasteiger partial charge >= 0.3 is 0 Å². The quantitative estimate of drug-likeness (QED) is 0.770. The minimum atomic E-state index is -0.495. The number of carbonyl (C=O) groups excluding carboxylic acids is 1. The summed E-state index contributed by atoms with van der Waals surface area (Å²) in [5.74, 6) is 0.169. The van der Waals surface area contributed by atoms with Gasteiger partial charge in [0.15, 0.2) is 5.78 Å². The topological polar surface area (TPSA) is 37.3 Å². The molecule has 1 aromatic carbocycles. The number of hydrogen-bond donors (Lipinski definition) is 1. The number of fused-ring (bicyclic) bond motifs is 2. The van der Waals surface area contributed by atoms with Crippen molar-refractivity contribution in [3.8, 4) is 0 Å². The molecule has 3 aliphatic carbocycles. The zero-order valence-corrected chi connectivity index (χ0v) is 10.6. The van der Waals surface area contributed by atoms with E-state index in [-0.39, 0.29) is 17.1 Å². The van der Waals surface area contributed by atoms with Crippen molar-refractivity contribution < 1.29 is 9.90 Å². The molecule has 0 radical (unpaired) electrons. The van der Waals surface area contributed by atoms with E-state index in [1.165, 1.54) is 11.1 Å². The van der Waals surface area contributed by atoms with Crippen molar-refractivity contribution in [2.45, 2.75) is 24.4 Å². The van der Waals surface area contributed by atoms with Crippen molar-refractivity contribution in [2.75, 3.05) is 0 Å². The molecular weight excluding hydrogens is 236 g/mol. The first-order chi connectivity index (χ1) is 9.21. The molecule has 0 saturated heterocycles. The molecule has 1 spiro atoms. The second-order valence-corrected chi connectivity index (χ2v) is 5.94. The number of ketones is 1. The van der Waals surface area contributed by atoms with E-state index >= 15 is 0 Å². The average Bonchev–Trinajstić information content (AvgIpc) is 2.44. The summed E-state index contributed by atoms with van der Waals surface area (Å²) < 4.78 is 0. The Hall–Kier alpha value is -1.67. The highest BCUT2D eigenvalue weighted by molar-refractivity contribution is 5.94. The largest absolute Gasteiger partial charge is 0.392 e. The first kappa shape index (κ1) is 11.2. The van der Waals surface area contributed by atoms with Gasteiger partial charge in [-0.25, -0.2) is 0 Å². The number of benzene rings is 1. The van der Waals surface area contributed by atoms with Gasteiger partial charge in [0.1, 0.15) is 0 Å². The monoisotopic (exact) mass is 252 g/mol. The van der Waals surface area contributed by atoms with Crippen molar-refractivity contribution in [1.29, 1.82) is 0 Å². The summed E-state index contributed by atoms with van der Waals surface area (Å²) in [6.07, 6.45) is 9.08. The third-order valence-electron chi connectivity index (χ3n) is 5.06. The van der Waals surface area contributed by atoms with E-state index in [2.05, 4.69) is 36.4 Å². The molecule has 0 aliphatic heterocycles. The molecule has 0 aromatic heterocycles. The maximum absolute atomic E-state index is 11.9. The van der Waals surface area contributed by atoms with Crippen molar-refractivity contribution in [2.24, 2.45) is 11.8 Å². The van der Waals surface area contributed by atoms with Gasteiger partial charge in [-0.15, -0.1) is 0 Å². The van der Waals surface area contributed by atoms with Crippen LogP contribution in [0.25, 0.3) is 6.08 Å². The number of hydrogen-bond acceptors (Lipinski definition) is 2. The van der Waals surface area contributed by atoms with E-state index in [9.17, 15) is 9.90 Å². The smallest absolute Gasteiger partial charge is 0.161 e. The van der Waals surface area contributed by atoms with Crippen LogP contribution in [0.3, 0.4) is 0 Å². The molecule has 4 atom stereocenters. The third-order valence-corrected chi connectivity index (χ3v) is 5.06. The van der Waals surface area contributed by atoms with Crippen LogP contribution in [0.15, 0.2) is 42.5 Å². The van der Waals surface area contributed by atoms with Crippen LogP contribution >= 0.6 is 0 Å². The molecule has 3 aliphatic rings. The van der Waals surface area contributed by atoms with Crippen molar-refractivity contribution in [1.82, 2.24) is 0 Å². The maximum atomic E-state index is 11.9. The molecular formula is C17H16O2. The maximum Gasteiger partial charge on any atom is 0.161 e. The highest BCUT2D eigenvalue weighted by Gasteiger charge is 2.51. The molecule has 1 fully saturated rings. The highest BCUT2D eigenvalue weighted by atomic mass is 16.3. The Kier molecular flexibility index (Phi) is 2.16. The van der Waals surface area contributed by atoms with E-state index in [0.29, 0.717) is 12.3 Å². The number of aliphatic hydroxyl groups is 1. The van der Waals surface area contributed by atoms with Crippen LogP contribution in [0.5, 0.6) is 0 Å². The van der Waals surface area contributed by atoms with E-state index in [1.807, 2.05) is 6.07 Å².